The summed E-state index contributed by atoms with van der Waals surface area (Å²) >= 11 is 0. The van der Waals surface area contributed by atoms with Crippen LogP contribution in [0.5, 0.6) is 11.5 Å². The first kappa shape index (κ1) is 18.2. The van der Waals surface area contributed by atoms with Gasteiger partial charge < -0.3 is 19.3 Å². The number of carbonyl (C=O) groups is 1. The SMILES string of the molecule is CCOc1ccc(C(=O)NCc2noc(C3CCCC3)n2)cc1OCC. The average molecular weight is 359 g/mol. The summed E-state index contributed by atoms with van der Waals surface area (Å²) in [6, 6.07) is 5.14. The van der Waals surface area contributed by atoms with Gasteiger partial charge in [-0.3, -0.25) is 4.79 Å². The number of aromatic nitrogens is 2. The molecule has 0 atom stereocenters. The Labute approximate surface area is 153 Å². The fourth-order valence-corrected chi connectivity index (χ4v) is 3.13. The van der Waals surface area contributed by atoms with Crippen LogP contribution >= 0.6 is 0 Å². The third-order valence-electron chi connectivity index (χ3n) is 4.40. The number of hydrogen-bond donors (Lipinski definition) is 1. The number of carbonyl (C=O) groups excluding carboxylic acids is 1. The highest BCUT2D eigenvalue weighted by molar-refractivity contribution is 5.94. The largest absolute Gasteiger partial charge is 0.490 e. The Morgan fingerprint density at radius 3 is 2.65 bits per heavy atom. The van der Waals surface area contributed by atoms with Crippen LogP contribution in [-0.2, 0) is 6.54 Å². The molecule has 0 bridgehead atoms. The van der Waals surface area contributed by atoms with Gasteiger partial charge in [0.2, 0.25) is 5.89 Å². The van der Waals surface area contributed by atoms with Gasteiger partial charge in [0.15, 0.2) is 17.3 Å². The summed E-state index contributed by atoms with van der Waals surface area (Å²) in [5.41, 5.74) is 0.497. The second-order valence-electron chi connectivity index (χ2n) is 6.24. The number of nitrogens with zero attached hydrogens (tertiary/aromatic N) is 2. The normalized spacial score (nSPS) is 14.4. The van der Waals surface area contributed by atoms with Crippen molar-refractivity contribution in [1.29, 1.82) is 0 Å². The number of hydrogen-bond acceptors (Lipinski definition) is 6. The van der Waals surface area contributed by atoms with Crippen LogP contribution in [0.25, 0.3) is 0 Å². The van der Waals surface area contributed by atoms with Crippen molar-refractivity contribution in [3.8, 4) is 11.5 Å². The molecular formula is C19H25N3O4. The van der Waals surface area contributed by atoms with Crippen LogP contribution in [0, 0.1) is 0 Å². The summed E-state index contributed by atoms with van der Waals surface area (Å²) in [6.07, 6.45) is 4.61. The molecule has 0 aliphatic heterocycles. The second kappa shape index (κ2) is 8.69. The van der Waals surface area contributed by atoms with E-state index in [-0.39, 0.29) is 12.5 Å². The standard InChI is InChI=1S/C19H25N3O4/c1-3-24-15-10-9-14(11-16(15)25-4-2)18(23)20-12-17-21-19(26-22-17)13-7-5-6-8-13/h9-11,13H,3-8,12H2,1-2H3,(H,20,23). The minimum Gasteiger partial charge on any atom is -0.490 e. The smallest absolute Gasteiger partial charge is 0.251 e. The van der Waals surface area contributed by atoms with Gasteiger partial charge in [0.25, 0.3) is 5.91 Å². The first-order valence-electron chi connectivity index (χ1n) is 9.21. The van der Waals surface area contributed by atoms with Crippen molar-refractivity contribution < 1.29 is 18.8 Å². The molecule has 1 heterocycles. The molecule has 0 spiro atoms. The predicted octanol–water partition coefficient (Wildman–Crippen LogP) is 3.45. The second-order valence-corrected chi connectivity index (χ2v) is 6.24. The van der Waals surface area contributed by atoms with Crippen molar-refractivity contribution in [2.45, 2.75) is 52.0 Å². The Morgan fingerprint density at radius 2 is 1.92 bits per heavy atom. The van der Waals surface area contributed by atoms with Gasteiger partial charge in [-0.05, 0) is 44.9 Å². The number of rotatable bonds is 8. The zero-order chi connectivity index (χ0) is 18.4. The average Bonchev–Trinajstić information content (AvgIpc) is 3.33. The Hall–Kier alpha value is -2.57. The lowest BCUT2D eigenvalue weighted by Gasteiger charge is -2.12. The Balaban J connectivity index is 1.61. The summed E-state index contributed by atoms with van der Waals surface area (Å²) in [5, 5.41) is 6.79. The minimum absolute atomic E-state index is 0.221. The van der Waals surface area contributed by atoms with Gasteiger partial charge in [0, 0.05) is 11.5 Å². The van der Waals surface area contributed by atoms with Crippen molar-refractivity contribution in [2.75, 3.05) is 13.2 Å². The quantitative estimate of drug-likeness (QED) is 0.777. The van der Waals surface area contributed by atoms with E-state index in [1.54, 1.807) is 18.2 Å². The van der Waals surface area contributed by atoms with Gasteiger partial charge in [-0.1, -0.05) is 18.0 Å². The Kier molecular flexibility index (Phi) is 6.09. The molecule has 7 nitrogen and oxygen atoms in total. The minimum atomic E-state index is -0.221. The van der Waals surface area contributed by atoms with E-state index in [2.05, 4.69) is 15.5 Å². The summed E-state index contributed by atoms with van der Waals surface area (Å²) in [4.78, 5) is 16.8. The summed E-state index contributed by atoms with van der Waals surface area (Å²) in [7, 11) is 0. The predicted molar refractivity (Wildman–Crippen MR) is 95.5 cm³/mol. The van der Waals surface area contributed by atoms with E-state index in [9.17, 15) is 4.79 Å². The van der Waals surface area contributed by atoms with Gasteiger partial charge >= 0.3 is 0 Å². The van der Waals surface area contributed by atoms with E-state index >= 15 is 0 Å². The molecule has 0 radical (unpaired) electrons. The van der Waals surface area contributed by atoms with Crippen LogP contribution in [0.4, 0.5) is 0 Å². The van der Waals surface area contributed by atoms with Crippen LogP contribution in [0.15, 0.2) is 22.7 Å². The molecule has 2 aromatic rings. The van der Waals surface area contributed by atoms with Crippen molar-refractivity contribution in [2.24, 2.45) is 0 Å². The van der Waals surface area contributed by atoms with E-state index in [0.29, 0.717) is 47.9 Å². The summed E-state index contributed by atoms with van der Waals surface area (Å²) < 4.78 is 16.4. The molecule has 0 unspecified atom stereocenters. The lowest BCUT2D eigenvalue weighted by Crippen LogP contribution is -2.23. The third-order valence-corrected chi connectivity index (χ3v) is 4.40. The van der Waals surface area contributed by atoms with Gasteiger partial charge in [-0.25, -0.2) is 0 Å². The fourth-order valence-electron chi connectivity index (χ4n) is 3.13. The van der Waals surface area contributed by atoms with Crippen molar-refractivity contribution >= 4 is 5.91 Å². The highest BCUT2D eigenvalue weighted by Crippen LogP contribution is 2.33. The van der Waals surface area contributed by atoms with E-state index < -0.39 is 0 Å². The van der Waals surface area contributed by atoms with Gasteiger partial charge in [-0.15, -0.1) is 0 Å². The van der Waals surface area contributed by atoms with Gasteiger partial charge in [-0.2, -0.15) is 4.98 Å². The molecule has 1 N–H and O–H groups in total. The molecule has 3 rings (SSSR count). The summed E-state index contributed by atoms with van der Waals surface area (Å²) in [5.74, 6) is 2.52. The van der Waals surface area contributed by atoms with E-state index in [1.807, 2.05) is 13.8 Å². The zero-order valence-corrected chi connectivity index (χ0v) is 15.3. The van der Waals surface area contributed by atoms with Crippen LogP contribution in [0.1, 0.15) is 67.5 Å². The lowest BCUT2D eigenvalue weighted by atomic mass is 10.1. The van der Waals surface area contributed by atoms with E-state index in [4.69, 9.17) is 14.0 Å². The first-order valence-corrected chi connectivity index (χ1v) is 9.21. The van der Waals surface area contributed by atoms with Gasteiger partial charge in [0.1, 0.15) is 0 Å². The van der Waals surface area contributed by atoms with Crippen molar-refractivity contribution in [3.05, 3.63) is 35.5 Å². The maximum Gasteiger partial charge on any atom is 0.251 e. The zero-order valence-electron chi connectivity index (χ0n) is 15.3. The molecule has 1 fully saturated rings. The molecule has 1 aliphatic rings. The monoisotopic (exact) mass is 359 g/mol. The third kappa shape index (κ3) is 4.33. The van der Waals surface area contributed by atoms with Crippen molar-refractivity contribution in [3.63, 3.8) is 0 Å². The van der Waals surface area contributed by atoms with E-state index in [0.717, 1.165) is 12.8 Å². The number of benzene rings is 1. The molecule has 1 aromatic heterocycles. The molecule has 1 amide bonds. The maximum absolute atomic E-state index is 12.4. The fraction of sp³-hybridized carbons (Fsp3) is 0.526. The van der Waals surface area contributed by atoms with Crippen LogP contribution in [-0.4, -0.2) is 29.3 Å². The van der Waals surface area contributed by atoms with Crippen LogP contribution < -0.4 is 14.8 Å². The summed E-state index contributed by atoms with van der Waals surface area (Å²) in [6.45, 7) is 5.05. The Bertz CT molecular complexity index is 738. The molecule has 1 aliphatic carbocycles. The molecule has 0 saturated heterocycles. The van der Waals surface area contributed by atoms with E-state index in [1.165, 1.54) is 12.8 Å². The number of amides is 1. The topological polar surface area (TPSA) is 86.5 Å². The number of nitrogens with one attached hydrogen (secondary N) is 1. The Morgan fingerprint density at radius 1 is 1.19 bits per heavy atom. The van der Waals surface area contributed by atoms with Crippen LogP contribution in [0.3, 0.4) is 0 Å². The molecule has 26 heavy (non-hydrogen) atoms. The molecule has 1 aromatic carbocycles. The highest BCUT2D eigenvalue weighted by Gasteiger charge is 2.23. The maximum atomic E-state index is 12.4. The van der Waals surface area contributed by atoms with Crippen LogP contribution in [0.2, 0.25) is 0 Å². The molecule has 1 saturated carbocycles. The molecule has 140 valence electrons. The highest BCUT2D eigenvalue weighted by atomic mass is 16.5. The molecular weight excluding hydrogens is 334 g/mol. The first-order chi connectivity index (χ1) is 12.7. The lowest BCUT2D eigenvalue weighted by molar-refractivity contribution is 0.0949. The van der Waals surface area contributed by atoms with Gasteiger partial charge in [0.05, 0.1) is 19.8 Å². The van der Waals surface area contributed by atoms with Crippen molar-refractivity contribution in [1.82, 2.24) is 15.5 Å². The number of ether oxygens (including phenoxy) is 2. The molecule has 7 heteroatoms.